The van der Waals surface area contributed by atoms with E-state index in [0.29, 0.717) is 12.2 Å². The molecule has 84 valence electrons. The van der Waals surface area contributed by atoms with E-state index in [0.717, 1.165) is 19.3 Å². The quantitative estimate of drug-likeness (QED) is 0.575. The summed E-state index contributed by atoms with van der Waals surface area (Å²) in [5, 5.41) is 2.75. The van der Waals surface area contributed by atoms with E-state index in [2.05, 4.69) is 16.2 Å². The second kappa shape index (κ2) is 6.46. The molecule has 4 heteroatoms. The van der Waals surface area contributed by atoms with Gasteiger partial charge in [0.2, 0.25) is 0 Å². The summed E-state index contributed by atoms with van der Waals surface area (Å²) in [6.07, 6.45) is 9.18. The molecule has 0 bridgehead atoms. The molecule has 0 radical (unpaired) electrons. The van der Waals surface area contributed by atoms with Gasteiger partial charge in [-0.2, -0.15) is 0 Å². The van der Waals surface area contributed by atoms with E-state index in [1.165, 1.54) is 0 Å². The van der Waals surface area contributed by atoms with E-state index in [9.17, 15) is 4.79 Å². The number of carbonyl (C=O) groups is 1. The Hall–Kier alpha value is -2.02. The van der Waals surface area contributed by atoms with Gasteiger partial charge < -0.3 is 11.1 Å². The molecule has 3 N–H and O–H groups in total. The second-order valence-corrected chi connectivity index (χ2v) is 3.36. The molecular weight excluding hydrogens is 202 g/mol. The third kappa shape index (κ3) is 3.62. The van der Waals surface area contributed by atoms with Gasteiger partial charge in [0.25, 0.3) is 5.91 Å². The molecule has 0 atom stereocenters. The number of hydrogen-bond acceptors (Lipinski definition) is 3. The van der Waals surface area contributed by atoms with Gasteiger partial charge in [-0.3, -0.25) is 4.79 Å². The summed E-state index contributed by atoms with van der Waals surface area (Å²) in [5.74, 6) is 2.31. The number of anilines is 1. The van der Waals surface area contributed by atoms with Crippen LogP contribution in [0.4, 0.5) is 5.69 Å². The second-order valence-electron chi connectivity index (χ2n) is 3.36. The first-order valence-electron chi connectivity index (χ1n) is 5.18. The Bertz CT molecular complexity index is 395. The van der Waals surface area contributed by atoms with E-state index in [-0.39, 0.29) is 11.6 Å². The van der Waals surface area contributed by atoms with Gasteiger partial charge in [-0.15, -0.1) is 12.3 Å². The van der Waals surface area contributed by atoms with Crippen molar-refractivity contribution in [2.24, 2.45) is 0 Å². The highest BCUT2D eigenvalue weighted by Crippen LogP contribution is 2.06. The van der Waals surface area contributed by atoms with Crippen LogP contribution in [-0.4, -0.2) is 17.4 Å². The number of rotatable bonds is 5. The lowest BCUT2D eigenvalue weighted by molar-refractivity contribution is 0.0949. The van der Waals surface area contributed by atoms with Crippen molar-refractivity contribution in [3.63, 3.8) is 0 Å². The van der Waals surface area contributed by atoms with Crippen LogP contribution in [-0.2, 0) is 0 Å². The first-order valence-corrected chi connectivity index (χ1v) is 5.18. The SMILES string of the molecule is C#CCCCCNC(=O)c1ncccc1N. The van der Waals surface area contributed by atoms with E-state index in [1.807, 2.05) is 0 Å². The third-order valence-electron chi connectivity index (χ3n) is 2.09. The monoisotopic (exact) mass is 217 g/mol. The number of terminal acetylenes is 1. The largest absolute Gasteiger partial charge is 0.397 e. The fourth-order valence-corrected chi connectivity index (χ4v) is 1.25. The fraction of sp³-hybridized carbons (Fsp3) is 0.333. The third-order valence-corrected chi connectivity index (χ3v) is 2.09. The van der Waals surface area contributed by atoms with Crippen molar-refractivity contribution in [1.29, 1.82) is 0 Å². The number of nitrogens with two attached hydrogens (primary N) is 1. The molecule has 0 aliphatic heterocycles. The molecule has 1 aromatic heterocycles. The summed E-state index contributed by atoms with van der Waals surface area (Å²) < 4.78 is 0. The first-order chi connectivity index (χ1) is 7.75. The van der Waals surface area contributed by atoms with Crippen LogP contribution in [0.15, 0.2) is 18.3 Å². The molecule has 0 fully saturated rings. The van der Waals surface area contributed by atoms with Crippen LogP contribution in [0.1, 0.15) is 29.8 Å². The minimum Gasteiger partial charge on any atom is -0.397 e. The average Bonchev–Trinajstić information content (AvgIpc) is 2.29. The smallest absolute Gasteiger partial charge is 0.272 e. The molecule has 1 heterocycles. The molecule has 1 rings (SSSR count). The molecule has 0 spiro atoms. The molecule has 0 unspecified atom stereocenters. The molecule has 0 saturated carbocycles. The number of unbranched alkanes of at least 4 members (excludes halogenated alkanes) is 2. The van der Waals surface area contributed by atoms with Crippen LogP contribution >= 0.6 is 0 Å². The lowest BCUT2D eigenvalue weighted by Gasteiger charge is -2.05. The van der Waals surface area contributed by atoms with Gasteiger partial charge in [-0.25, -0.2) is 4.98 Å². The van der Waals surface area contributed by atoms with Gasteiger partial charge in [-0.1, -0.05) is 0 Å². The summed E-state index contributed by atoms with van der Waals surface area (Å²) in [6, 6.07) is 3.35. The Kier molecular flexibility index (Phi) is 4.87. The van der Waals surface area contributed by atoms with Crippen LogP contribution in [0.25, 0.3) is 0 Å². The van der Waals surface area contributed by atoms with E-state index >= 15 is 0 Å². The zero-order valence-electron chi connectivity index (χ0n) is 9.07. The molecule has 1 amide bonds. The van der Waals surface area contributed by atoms with Crippen molar-refractivity contribution in [3.8, 4) is 12.3 Å². The van der Waals surface area contributed by atoms with Crippen molar-refractivity contribution in [3.05, 3.63) is 24.0 Å². The molecular formula is C12H15N3O. The number of carbonyl (C=O) groups excluding carboxylic acids is 1. The zero-order chi connectivity index (χ0) is 11.8. The fourth-order valence-electron chi connectivity index (χ4n) is 1.25. The Balaban J connectivity index is 2.36. The summed E-state index contributed by atoms with van der Waals surface area (Å²) in [7, 11) is 0. The van der Waals surface area contributed by atoms with Gasteiger partial charge in [-0.05, 0) is 25.0 Å². The van der Waals surface area contributed by atoms with Gasteiger partial charge >= 0.3 is 0 Å². The maximum atomic E-state index is 11.6. The summed E-state index contributed by atoms with van der Waals surface area (Å²) in [4.78, 5) is 15.5. The normalized spacial score (nSPS) is 9.44. The number of amides is 1. The predicted octanol–water partition coefficient (Wildman–Crippen LogP) is 1.20. The minimum atomic E-state index is -0.237. The van der Waals surface area contributed by atoms with Crippen molar-refractivity contribution >= 4 is 11.6 Å². The van der Waals surface area contributed by atoms with E-state index < -0.39 is 0 Å². The Morgan fingerprint density at radius 3 is 3.06 bits per heavy atom. The summed E-state index contributed by atoms with van der Waals surface area (Å²) in [6.45, 7) is 0.594. The number of pyridine rings is 1. The minimum absolute atomic E-state index is 0.237. The Morgan fingerprint density at radius 2 is 2.38 bits per heavy atom. The van der Waals surface area contributed by atoms with Crippen molar-refractivity contribution in [2.45, 2.75) is 19.3 Å². The highest BCUT2D eigenvalue weighted by molar-refractivity contribution is 5.96. The lowest BCUT2D eigenvalue weighted by atomic mass is 10.2. The maximum absolute atomic E-state index is 11.6. The number of hydrogen-bond donors (Lipinski definition) is 2. The van der Waals surface area contributed by atoms with Gasteiger partial charge in [0.15, 0.2) is 5.69 Å². The van der Waals surface area contributed by atoms with Crippen LogP contribution in [0.2, 0.25) is 0 Å². The predicted molar refractivity (Wildman–Crippen MR) is 63.7 cm³/mol. The van der Waals surface area contributed by atoms with Crippen LogP contribution in [0, 0.1) is 12.3 Å². The molecule has 0 aliphatic carbocycles. The number of nitrogens with one attached hydrogen (secondary N) is 1. The first kappa shape index (κ1) is 12.1. The zero-order valence-corrected chi connectivity index (χ0v) is 9.07. The molecule has 4 nitrogen and oxygen atoms in total. The van der Waals surface area contributed by atoms with Crippen molar-refractivity contribution < 1.29 is 4.79 Å². The van der Waals surface area contributed by atoms with Gasteiger partial charge in [0, 0.05) is 19.2 Å². The number of nitrogen functional groups attached to an aromatic ring is 1. The molecule has 1 aromatic rings. The number of nitrogens with zero attached hydrogens (tertiary/aromatic N) is 1. The van der Waals surface area contributed by atoms with Crippen molar-refractivity contribution in [1.82, 2.24) is 10.3 Å². The number of aromatic nitrogens is 1. The topological polar surface area (TPSA) is 68.0 Å². The molecule has 0 saturated heterocycles. The molecule has 0 aliphatic rings. The van der Waals surface area contributed by atoms with Gasteiger partial charge in [0.1, 0.15) is 0 Å². The summed E-state index contributed by atoms with van der Waals surface area (Å²) in [5.41, 5.74) is 6.29. The highest BCUT2D eigenvalue weighted by Gasteiger charge is 2.08. The lowest BCUT2D eigenvalue weighted by Crippen LogP contribution is -2.26. The standard InChI is InChI=1S/C12H15N3O/c1-2-3-4-5-8-15-12(16)11-10(13)7-6-9-14-11/h1,6-7,9H,3-5,8,13H2,(H,15,16). The Morgan fingerprint density at radius 1 is 1.56 bits per heavy atom. The Labute approximate surface area is 95.3 Å². The van der Waals surface area contributed by atoms with E-state index in [1.54, 1.807) is 18.3 Å². The molecule has 16 heavy (non-hydrogen) atoms. The van der Waals surface area contributed by atoms with Gasteiger partial charge in [0.05, 0.1) is 5.69 Å². The van der Waals surface area contributed by atoms with Crippen LogP contribution in [0.5, 0.6) is 0 Å². The van der Waals surface area contributed by atoms with Crippen molar-refractivity contribution in [2.75, 3.05) is 12.3 Å². The molecule has 0 aromatic carbocycles. The summed E-state index contributed by atoms with van der Waals surface area (Å²) >= 11 is 0. The highest BCUT2D eigenvalue weighted by atomic mass is 16.1. The van der Waals surface area contributed by atoms with E-state index in [4.69, 9.17) is 12.2 Å². The van der Waals surface area contributed by atoms with Crippen LogP contribution in [0.3, 0.4) is 0 Å². The average molecular weight is 217 g/mol. The van der Waals surface area contributed by atoms with Crippen LogP contribution < -0.4 is 11.1 Å². The maximum Gasteiger partial charge on any atom is 0.272 e.